The van der Waals surface area contributed by atoms with E-state index in [0.29, 0.717) is 5.82 Å². The van der Waals surface area contributed by atoms with Crippen LogP contribution in [0.1, 0.15) is 47.4 Å². The maximum absolute atomic E-state index is 11.6. The van der Waals surface area contributed by atoms with Crippen LogP contribution < -0.4 is 5.32 Å². The van der Waals surface area contributed by atoms with E-state index in [1.807, 2.05) is 20.8 Å². The van der Waals surface area contributed by atoms with E-state index in [1.54, 1.807) is 20.8 Å². The second kappa shape index (κ2) is 5.28. The van der Waals surface area contributed by atoms with E-state index in [4.69, 9.17) is 16.3 Å². The molecule has 0 aliphatic rings. The van der Waals surface area contributed by atoms with Gasteiger partial charge in [-0.2, -0.15) is 9.97 Å². The van der Waals surface area contributed by atoms with E-state index in [9.17, 15) is 4.79 Å². The van der Waals surface area contributed by atoms with Gasteiger partial charge in [-0.1, -0.05) is 20.8 Å². The highest BCUT2D eigenvalue weighted by atomic mass is 35.5. The molecule has 1 aromatic heterocycles. The number of carbonyl (C=O) groups is 1. The van der Waals surface area contributed by atoms with E-state index >= 15 is 0 Å². The predicted octanol–water partition coefficient (Wildman–Crippen LogP) is 3.17. The Hall–Kier alpha value is -1.43. The first-order chi connectivity index (χ1) is 8.47. The van der Waals surface area contributed by atoms with Crippen LogP contribution in [0.5, 0.6) is 0 Å². The van der Waals surface area contributed by atoms with Crippen molar-refractivity contribution in [3.63, 3.8) is 0 Å². The highest BCUT2D eigenvalue weighted by Crippen LogP contribution is 2.20. The summed E-state index contributed by atoms with van der Waals surface area (Å²) in [5, 5.41) is 2.48. The summed E-state index contributed by atoms with van der Waals surface area (Å²) in [6.07, 6.45) is -0.630. The molecule has 0 saturated heterocycles. The third kappa shape index (κ3) is 5.38. The quantitative estimate of drug-likeness (QED) is 0.858. The van der Waals surface area contributed by atoms with Crippen molar-refractivity contribution >= 4 is 23.6 Å². The molecule has 1 amide bonds. The molecule has 0 spiro atoms. The second-order valence-corrected chi connectivity index (χ2v) is 6.47. The van der Waals surface area contributed by atoms with Gasteiger partial charge in [0.2, 0.25) is 11.2 Å². The van der Waals surface area contributed by atoms with E-state index in [0.717, 1.165) is 0 Å². The van der Waals surface area contributed by atoms with Gasteiger partial charge in [0.05, 0.1) is 0 Å². The smallest absolute Gasteiger partial charge is 0.414 e. The Morgan fingerprint density at radius 2 is 1.68 bits per heavy atom. The minimum atomic E-state index is -0.630. The fourth-order valence-electron chi connectivity index (χ4n) is 1.14. The molecule has 1 heterocycles. The minimum Gasteiger partial charge on any atom is -0.444 e. The molecule has 7 heteroatoms. The summed E-state index contributed by atoms with van der Waals surface area (Å²) in [6, 6.07) is 0. The summed E-state index contributed by atoms with van der Waals surface area (Å²) in [5.74, 6) is 0.581. The molecule has 1 rings (SSSR count). The minimum absolute atomic E-state index is 0.0333. The van der Waals surface area contributed by atoms with Crippen LogP contribution in [0.3, 0.4) is 0 Å². The molecule has 0 unspecified atom stereocenters. The monoisotopic (exact) mass is 286 g/mol. The van der Waals surface area contributed by atoms with Crippen LogP contribution in [0, 0.1) is 0 Å². The molecular formula is C12H19ClN4O2. The normalized spacial score (nSPS) is 12.2. The molecular weight excluding hydrogens is 268 g/mol. The molecule has 1 N–H and O–H groups in total. The maximum Gasteiger partial charge on any atom is 0.414 e. The molecule has 1 aromatic rings. The molecule has 19 heavy (non-hydrogen) atoms. The van der Waals surface area contributed by atoms with Crippen molar-refractivity contribution in [3.05, 3.63) is 11.1 Å². The Balaban J connectivity index is 2.91. The van der Waals surface area contributed by atoms with Gasteiger partial charge in [-0.05, 0) is 32.4 Å². The topological polar surface area (TPSA) is 77.0 Å². The number of ether oxygens (including phenoxy) is 1. The third-order valence-corrected chi connectivity index (χ3v) is 2.06. The average molecular weight is 287 g/mol. The number of halogens is 1. The summed E-state index contributed by atoms with van der Waals surface area (Å²) in [7, 11) is 0. The van der Waals surface area contributed by atoms with Gasteiger partial charge < -0.3 is 4.74 Å². The van der Waals surface area contributed by atoms with Gasteiger partial charge in [0.15, 0.2) is 0 Å². The molecule has 106 valence electrons. The van der Waals surface area contributed by atoms with Crippen LogP contribution in [0.2, 0.25) is 5.28 Å². The lowest BCUT2D eigenvalue weighted by molar-refractivity contribution is 0.0634. The Kier molecular flexibility index (Phi) is 4.35. The summed E-state index contributed by atoms with van der Waals surface area (Å²) in [4.78, 5) is 23.7. The van der Waals surface area contributed by atoms with Crippen LogP contribution >= 0.6 is 11.6 Å². The van der Waals surface area contributed by atoms with Crippen molar-refractivity contribution in [2.45, 2.75) is 52.6 Å². The highest BCUT2D eigenvalue weighted by molar-refractivity contribution is 6.28. The molecule has 0 fully saturated rings. The molecule has 0 radical (unpaired) electrons. The largest absolute Gasteiger partial charge is 0.444 e. The zero-order chi connectivity index (χ0) is 14.8. The average Bonchev–Trinajstić information content (AvgIpc) is 2.11. The van der Waals surface area contributed by atoms with Crippen molar-refractivity contribution < 1.29 is 9.53 Å². The fraction of sp³-hybridized carbons (Fsp3) is 0.667. The SMILES string of the molecule is CC(C)(C)OC(=O)Nc1nc(Cl)nc(C(C)(C)C)n1. The van der Waals surface area contributed by atoms with E-state index in [2.05, 4.69) is 20.3 Å². The highest BCUT2D eigenvalue weighted by Gasteiger charge is 2.21. The molecule has 0 atom stereocenters. The van der Waals surface area contributed by atoms with Crippen molar-refractivity contribution in [2.24, 2.45) is 0 Å². The van der Waals surface area contributed by atoms with E-state index in [1.165, 1.54) is 0 Å². The number of hydrogen-bond acceptors (Lipinski definition) is 5. The van der Waals surface area contributed by atoms with E-state index in [-0.39, 0.29) is 16.6 Å². The first-order valence-electron chi connectivity index (χ1n) is 5.89. The number of nitrogens with one attached hydrogen (secondary N) is 1. The van der Waals surface area contributed by atoms with Crippen LogP contribution in [0.25, 0.3) is 0 Å². The second-order valence-electron chi connectivity index (χ2n) is 6.13. The van der Waals surface area contributed by atoms with Gasteiger partial charge in [0.1, 0.15) is 11.4 Å². The van der Waals surface area contributed by atoms with Gasteiger partial charge in [-0.3, -0.25) is 5.32 Å². The molecule has 0 aliphatic heterocycles. The molecule has 6 nitrogen and oxygen atoms in total. The molecule has 0 aromatic carbocycles. The van der Waals surface area contributed by atoms with Gasteiger partial charge in [0, 0.05) is 5.41 Å². The summed E-state index contributed by atoms with van der Waals surface area (Å²) < 4.78 is 5.11. The number of rotatable bonds is 1. The summed E-state index contributed by atoms with van der Waals surface area (Å²) >= 11 is 5.82. The Morgan fingerprint density at radius 3 is 2.16 bits per heavy atom. The van der Waals surface area contributed by atoms with Gasteiger partial charge >= 0.3 is 6.09 Å². The Bertz CT molecular complexity index is 478. The first-order valence-corrected chi connectivity index (χ1v) is 6.27. The van der Waals surface area contributed by atoms with Crippen LogP contribution in [-0.2, 0) is 10.2 Å². The third-order valence-electron chi connectivity index (χ3n) is 1.89. The standard InChI is InChI=1S/C12H19ClN4O2/c1-11(2,3)7-14-8(13)16-9(15-7)17-10(18)19-12(4,5)6/h1-6H3,(H,14,15,16,17,18). The zero-order valence-corrected chi connectivity index (χ0v) is 12.8. The van der Waals surface area contributed by atoms with Crippen LogP contribution in [-0.4, -0.2) is 26.6 Å². The van der Waals surface area contributed by atoms with Gasteiger partial charge in [-0.15, -0.1) is 0 Å². The summed E-state index contributed by atoms with van der Waals surface area (Å²) in [6.45, 7) is 11.1. The summed E-state index contributed by atoms with van der Waals surface area (Å²) in [5.41, 5.74) is -0.884. The number of carbonyl (C=O) groups excluding carboxylic acids is 1. The van der Waals surface area contributed by atoms with Crippen molar-refractivity contribution in [1.82, 2.24) is 15.0 Å². The van der Waals surface area contributed by atoms with Crippen molar-refractivity contribution in [2.75, 3.05) is 5.32 Å². The molecule has 0 aliphatic carbocycles. The predicted molar refractivity (Wildman–Crippen MR) is 73.4 cm³/mol. The fourth-order valence-corrected chi connectivity index (χ4v) is 1.30. The number of amides is 1. The number of aromatic nitrogens is 3. The Morgan fingerprint density at radius 1 is 1.11 bits per heavy atom. The number of hydrogen-bond donors (Lipinski definition) is 1. The van der Waals surface area contributed by atoms with Crippen molar-refractivity contribution in [3.8, 4) is 0 Å². The lowest BCUT2D eigenvalue weighted by atomic mass is 9.96. The van der Waals surface area contributed by atoms with Gasteiger partial charge in [0.25, 0.3) is 0 Å². The molecule has 0 saturated carbocycles. The lowest BCUT2D eigenvalue weighted by Gasteiger charge is -2.20. The van der Waals surface area contributed by atoms with Crippen LogP contribution in [0.4, 0.5) is 10.7 Å². The Labute approximate surface area is 118 Å². The van der Waals surface area contributed by atoms with E-state index < -0.39 is 11.7 Å². The number of anilines is 1. The zero-order valence-electron chi connectivity index (χ0n) is 12.0. The lowest BCUT2D eigenvalue weighted by Crippen LogP contribution is -2.28. The maximum atomic E-state index is 11.6. The molecule has 0 bridgehead atoms. The van der Waals surface area contributed by atoms with Crippen LogP contribution in [0.15, 0.2) is 0 Å². The first kappa shape index (κ1) is 15.6. The van der Waals surface area contributed by atoms with Gasteiger partial charge in [-0.25, -0.2) is 9.78 Å². The van der Waals surface area contributed by atoms with Crippen molar-refractivity contribution in [1.29, 1.82) is 0 Å². The number of nitrogens with zero attached hydrogens (tertiary/aromatic N) is 3.